The number of piperidine rings is 1. The Morgan fingerprint density at radius 2 is 1.59 bits per heavy atom. The average Bonchev–Trinajstić information content (AvgIpc) is 2.85. The van der Waals surface area contributed by atoms with Gasteiger partial charge in [0.25, 0.3) is 5.91 Å². The molecule has 1 heterocycles. The van der Waals surface area contributed by atoms with Gasteiger partial charge in [0.2, 0.25) is 5.91 Å². The van der Waals surface area contributed by atoms with E-state index in [1.54, 1.807) is 54.6 Å². The van der Waals surface area contributed by atoms with Crippen LogP contribution in [-0.4, -0.2) is 33.3 Å². The van der Waals surface area contributed by atoms with E-state index in [1.165, 1.54) is 0 Å². The van der Waals surface area contributed by atoms with Crippen molar-refractivity contribution in [2.75, 3.05) is 23.3 Å². The lowest BCUT2D eigenvalue weighted by Gasteiger charge is -2.32. The van der Waals surface area contributed by atoms with E-state index >= 15 is 0 Å². The molecule has 7 nitrogen and oxygen atoms in total. The highest BCUT2D eigenvalue weighted by atomic mass is 32.2. The second-order valence-corrected chi connectivity index (χ2v) is 10.4. The Morgan fingerprint density at radius 3 is 2.24 bits per heavy atom. The zero-order chi connectivity index (χ0) is 24.1. The van der Waals surface area contributed by atoms with Crippen LogP contribution in [0.3, 0.4) is 0 Å². The van der Waals surface area contributed by atoms with Gasteiger partial charge in [-0.2, -0.15) is 0 Å². The summed E-state index contributed by atoms with van der Waals surface area (Å²) in [5.41, 5.74) is 8.00. The number of hydrogen-bond donors (Lipinski definition) is 2. The molecule has 0 saturated carbocycles. The molecular weight excluding hydrogens is 450 g/mol. The molecule has 34 heavy (non-hydrogen) atoms. The fourth-order valence-corrected chi connectivity index (χ4v) is 5.47. The lowest BCUT2D eigenvalue weighted by atomic mass is 9.96. The predicted octanol–water partition coefficient (Wildman–Crippen LogP) is 3.61. The summed E-state index contributed by atoms with van der Waals surface area (Å²) >= 11 is 0. The molecule has 0 radical (unpaired) electrons. The smallest absolute Gasteiger partial charge is 0.255 e. The average molecular weight is 478 g/mol. The van der Waals surface area contributed by atoms with Crippen LogP contribution < -0.4 is 16.0 Å². The van der Waals surface area contributed by atoms with E-state index < -0.39 is 9.84 Å². The summed E-state index contributed by atoms with van der Waals surface area (Å²) in [5.74, 6) is -0.791. The number of carbonyl (C=O) groups is 2. The first-order valence-corrected chi connectivity index (χ1v) is 12.8. The second kappa shape index (κ2) is 10.1. The van der Waals surface area contributed by atoms with Gasteiger partial charge >= 0.3 is 0 Å². The van der Waals surface area contributed by atoms with Gasteiger partial charge in [-0.05, 0) is 66.9 Å². The summed E-state index contributed by atoms with van der Waals surface area (Å²) in [4.78, 5) is 26.6. The number of anilines is 2. The van der Waals surface area contributed by atoms with Crippen molar-refractivity contribution >= 4 is 33.0 Å². The third-order valence-electron chi connectivity index (χ3n) is 6.04. The van der Waals surface area contributed by atoms with Crippen LogP contribution in [0.1, 0.15) is 28.8 Å². The SMILES string of the molecule is NC(=O)C1CCN(c2ccc(NC(=O)c3cccc(CS(=O)(=O)c4ccccc4)c3)cc2)CC1. The molecular formula is C26H27N3O4S. The summed E-state index contributed by atoms with van der Waals surface area (Å²) < 4.78 is 25.3. The molecule has 0 aromatic heterocycles. The fraction of sp³-hybridized carbons (Fsp3) is 0.231. The third-order valence-corrected chi connectivity index (χ3v) is 7.74. The fourth-order valence-electron chi connectivity index (χ4n) is 4.11. The van der Waals surface area contributed by atoms with Crippen molar-refractivity contribution in [2.45, 2.75) is 23.5 Å². The highest BCUT2D eigenvalue weighted by Crippen LogP contribution is 2.25. The lowest BCUT2D eigenvalue weighted by Crippen LogP contribution is -2.38. The van der Waals surface area contributed by atoms with Crippen LogP contribution in [0.2, 0.25) is 0 Å². The molecule has 1 aliphatic rings. The van der Waals surface area contributed by atoms with Gasteiger partial charge in [0.05, 0.1) is 10.6 Å². The van der Waals surface area contributed by atoms with Crippen LogP contribution in [0, 0.1) is 5.92 Å². The number of benzene rings is 3. The quantitative estimate of drug-likeness (QED) is 0.540. The minimum Gasteiger partial charge on any atom is -0.371 e. The number of nitrogens with one attached hydrogen (secondary N) is 1. The van der Waals surface area contributed by atoms with Gasteiger partial charge in [-0.25, -0.2) is 8.42 Å². The maximum Gasteiger partial charge on any atom is 0.255 e. The predicted molar refractivity (Wildman–Crippen MR) is 132 cm³/mol. The number of nitrogens with two attached hydrogens (primary N) is 1. The molecule has 176 valence electrons. The van der Waals surface area contributed by atoms with Crippen molar-refractivity contribution in [1.29, 1.82) is 0 Å². The van der Waals surface area contributed by atoms with Crippen molar-refractivity contribution in [3.8, 4) is 0 Å². The molecule has 3 aromatic rings. The monoisotopic (exact) mass is 477 g/mol. The van der Waals surface area contributed by atoms with Gasteiger partial charge in [-0.15, -0.1) is 0 Å². The van der Waals surface area contributed by atoms with Gasteiger partial charge < -0.3 is 16.0 Å². The number of hydrogen-bond acceptors (Lipinski definition) is 5. The van der Waals surface area contributed by atoms with Crippen LogP contribution in [0.4, 0.5) is 11.4 Å². The Hall–Kier alpha value is -3.65. The Kier molecular flexibility index (Phi) is 6.98. The maximum atomic E-state index is 12.8. The van der Waals surface area contributed by atoms with E-state index in [1.807, 2.05) is 24.3 Å². The summed E-state index contributed by atoms with van der Waals surface area (Å²) in [5, 5.41) is 2.86. The van der Waals surface area contributed by atoms with Crippen LogP contribution in [-0.2, 0) is 20.4 Å². The van der Waals surface area contributed by atoms with Crippen molar-refractivity contribution < 1.29 is 18.0 Å². The maximum absolute atomic E-state index is 12.8. The first-order chi connectivity index (χ1) is 16.3. The Morgan fingerprint density at radius 1 is 0.912 bits per heavy atom. The molecule has 4 rings (SSSR count). The van der Waals surface area contributed by atoms with E-state index in [0.29, 0.717) is 16.8 Å². The number of sulfone groups is 1. The zero-order valence-corrected chi connectivity index (χ0v) is 19.5. The largest absolute Gasteiger partial charge is 0.371 e. The molecule has 0 bridgehead atoms. The van der Waals surface area contributed by atoms with Gasteiger partial charge in [-0.1, -0.05) is 30.3 Å². The molecule has 3 N–H and O–H groups in total. The van der Waals surface area contributed by atoms with Crippen LogP contribution >= 0.6 is 0 Å². The topological polar surface area (TPSA) is 110 Å². The number of primary amides is 1. The van der Waals surface area contributed by atoms with Crippen molar-refractivity contribution in [2.24, 2.45) is 11.7 Å². The van der Waals surface area contributed by atoms with Crippen molar-refractivity contribution in [3.05, 3.63) is 90.0 Å². The highest BCUT2D eigenvalue weighted by Gasteiger charge is 2.23. The van der Waals surface area contributed by atoms with E-state index in [-0.39, 0.29) is 28.4 Å². The zero-order valence-electron chi connectivity index (χ0n) is 18.7. The van der Waals surface area contributed by atoms with E-state index in [4.69, 9.17) is 5.73 Å². The van der Waals surface area contributed by atoms with E-state index in [2.05, 4.69) is 10.2 Å². The van der Waals surface area contributed by atoms with Crippen LogP contribution in [0.15, 0.2) is 83.8 Å². The Labute approximate surface area is 199 Å². The van der Waals surface area contributed by atoms with Gasteiger partial charge in [0, 0.05) is 35.9 Å². The minimum atomic E-state index is -3.50. The summed E-state index contributed by atoms with van der Waals surface area (Å²) in [6, 6.07) is 22.4. The number of amides is 2. The number of nitrogens with zero attached hydrogens (tertiary/aromatic N) is 1. The molecule has 0 unspecified atom stereocenters. The highest BCUT2D eigenvalue weighted by molar-refractivity contribution is 7.90. The first kappa shape index (κ1) is 23.5. The third kappa shape index (κ3) is 5.63. The molecule has 0 atom stereocenters. The molecule has 0 spiro atoms. The molecule has 1 saturated heterocycles. The molecule has 0 aliphatic carbocycles. The van der Waals surface area contributed by atoms with Crippen LogP contribution in [0.25, 0.3) is 0 Å². The normalized spacial score (nSPS) is 14.5. The van der Waals surface area contributed by atoms with Crippen molar-refractivity contribution in [1.82, 2.24) is 0 Å². The molecule has 1 fully saturated rings. The number of carbonyl (C=O) groups excluding carboxylic acids is 2. The summed E-state index contributed by atoms with van der Waals surface area (Å²) in [7, 11) is -3.50. The molecule has 8 heteroatoms. The first-order valence-electron chi connectivity index (χ1n) is 11.1. The molecule has 1 aliphatic heterocycles. The molecule has 3 aromatic carbocycles. The van der Waals surface area contributed by atoms with Gasteiger partial charge in [0.1, 0.15) is 0 Å². The minimum absolute atomic E-state index is 0.0618. The summed E-state index contributed by atoms with van der Waals surface area (Å²) in [6.07, 6.45) is 1.48. The van der Waals surface area contributed by atoms with E-state index in [9.17, 15) is 18.0 Å². The summed E-state index contributed by atoms with van der Waals surface area (Å²) in [6.45, 7) is 1.52. The molecule has 2 amide bonds. The van der Waals surface area contributed by atoms with Gasteiger partial charge in [-0.3, -0.25) is 9.59 Å². The van der Waals surface area contributed by atoms with Gasteiger partial charge in [0.15, 0.2) is 9.84 Å². The second-order valence-electron chi connectivity index (χ2n) is 8.44. The van der Waals surface area contributed by atoms with Crippen molar-refractivity contribution in [3.63, 3.8) is 0 Å². The lowest BCUT2D eigenvalue weighted by molar-refractivity contribution is -0.122. The standard InChI is InChI=1S/C26H27N3O4S/c27-25(30)20-13-15-29(16-14-20)23-11-9-22(10-12-23)28-26(31)21-6-4-5-19(17-21)18-34(32,33)24-7-2-1-3-8-24/h1-12,17,20H,13-16,18H2,(H2,27,30)(H,28,31). The number of rotatable bonds is 7. The Balaban J connectivity index is 1.39. The Bertz CT molecular complexity index is 1270. The van der Waals surface area contributed by atoms with Crippen LogP contribution in [0.5, 0.6) is 0 Å². The van der Waals surface area contributed by atoms with E-state index in [0.717, 1.165) is 31.6 Å².